The quantitative estimate of drug-likeness (QED) is 0.0775. The van der Waals surface area contributed by atoms with E-state index in [1.807, 2.05) is 36.8 Å². The van der Waals surface area contributed by atoms with Gasteiger partial charge >= 0.3 is 0 Å². The summed E-state index contributed by atoms with van der Waals surface area (Å²) in [5, 5.41) is 5.45. The Morgan fingerprint density at radius 1 is 0.770 bits per heavy atom. The number of piperidine rings is 2. The average Bonchev–Trinajstić information content (AvgIpc) is 3.74. The SMILES string of the molecule is C#Cc1cncc2ccc(CN3CCC(C[B]C=O)CC3)cc12.O=C[B]CC1CCN(Cc2ccc3cncc(-c4cc5cccnc5o4)c3c2)CC1.O=c1[nH]cccc1Br. The molecule has 0 atom stereocenters. The first-order valence-corrected chi connectivity index (χ1v) is 21.6. The van der Waals surface area contributed by atoms with E-state index in [1.165, 1.54) is 11.1 Å². The molecule has 0 aliphatic carbocycles. The third-order valence-corrected chi connectivity index (χ3v) is 12.1. The van der Waals surface area contributed by atoms with Crippen molar-refractivity contribution < 1.29 is 14.0 Å². The van der Waals surface area contributed by atoms with Crippen LogP contribution in [0.15, 0.2) is 118 Å². The highest BCUT2D eigenvalue weighted by atomic mass is 79.9. The second-order valence-corrected chi connectivity index (χ2v) is 16.5. The summed E-state index contributed by atoms with van der Waals surface area (Å²) >= 11 is 3.05. The maximum Gasteiger partial charge on any atom is 0.262 e. The number of nitrogens with one attached hydrogen (secondary N) is 1. The lowest BCUT2D eigenvalue weighted by Gasteiger charge is -2.31. The van der Waals surface area contributed by atoms with Crippen LogP contribution in [-0.4, -0.2) is 82.8 Å². The van der Waals surface area contributed by atoms with Crippen LogP contribution >= 0.6 is 15.9 Å². The second-order valence-electron chi connectivity index (χ2n) is 15.6. The minimum atomic E-state index is -0.0903. The molecule has 0 unspecified atom stereocenters. The van der Waals surface area contributed by atoms with Crippen molar-refractivity contribution in [1.82, 2.24) is 29.7 Å². The number of aromatic amines is 1. The minimum absolute atomic E-state index is 0.0903. The number of nitrogens with zero attached hydrogens (tertiary/aromatic N) is 5. The third-order valence-electron chi connectivity index (χ3n) is 11.5. The Hall–Kier alpha value is -5.67. The van der Waals surface area contributed by atoms with Gasteiger partial charge in [0, 0.05) is 77.4 Å². The number of halogens is 1. The predicted octanol–water partition coefficient (Wildman–Crippen LogP) is 8.45. The Bertz CT molecular complexity index is 2630. The lowest BCUT2D eigenvalue weighted by molar-refractivity contribution is 0.185. The van der Waals surface area contributed by atoms with Crippen LogP contribution in [0.25, 0.3) is 44.0 Å². The fourth-order valence-corrected chi connectivity index (χ4v) is 8.38. The van der Waals surface area contributed by atoms with E-state index >= 15 is 0 Å². The molecule has 2 saturated heterocycles. The third kappa shape index (κ3) is 11.8. The van der Waals surface area contributed by atoms with Crippen molar-refractivity contribution in [1.29, 1.82) is 0 Å². The highest BCUT2D eigenvalue weighted by Gasteiger charge is 2.21. The molecule has 306 valence electrons. The van der Waals surface area contributed by atoms with Gasteiger partial charge in [0.25, 0.3) is 5.56 Å². The zero-order valence-corrected chi connectivity index (χ0v) is 35.7. The molecule has 61 heavy (non-hydrogen) atoms. The van der Waals surface area contributed by atoms with Gasteiger partial charge in [0.2, 0.25) is 5.71 Å². The molecule has 10 nitrogen and oxygen atoms in total. The molecule has 2 fully saturated rings. The molecule has 7 heterocycles. The van der Waals surface area contributed by atoms with Crippen LogP contribution in [0.5, 0.6) is 0 Å². The van der Waals surface area contributed by atoms with Gasteiger partial charge in [0.15, 0.2) is 14.6 Å². The molecule has 2 aromatic carbocycles. The van der Waals surface area contributed by atoms with E-state index in [9.17, 15) is 14.4 Å². The molecule has 0 amide bonds. The topological polar surface area (TPSA) is 125 Å². The van der Waals surface area contributed by atoms with Gasteiger partial charge < -0.3 is 19.0 Å². The summed E-state index contributed by atoms with van der Waals surface area (Å²) in [5.41, 5.74) is 4.99. The normalized spacial score (nSPS) is 15.0. The van der Waals surface area contributed by atoms with Gasteiger partial charge in [0.1, 0.15) is 5.76 Å². The molecule has 2 aliphatic heterocycles. The number of aromatic nitrogens is 4. The molecule has 13 heteroatoms. The molecule has 0 spiro atoms. The Labute approximate surface area is 366 Å². The lowest BCUT2D eigenvalue weighted by atomic mass is 9.69. The van der Waals surface area contributed by atoms with E-state index in [1.54, 1.807) is 45.3 Å². The molecule has 5 aromatic heterocycles. The van der Waals surface area contributed by atoms with E-state index < -0.39 is 0 Å². The zero-order valence-electron chi connectivity index (χ0n) is 34.1. The van der Waals surface area contributed by atoms with Crippen molar-refractivity contribution in [2.45, 2.75) is 51.4 Å². The van der Waals surface area contributed by atoms with Gasteiger partial charge in [-0.3, -0.25) is 24.6 Å². The van der Waals surface area contributed by atoms with E-state index in [0.717, 1.165) is 134 Å². The first-order chi connectivity index (χ1) is 29.9. The highest BCUT2D eigenvalue weighted by molar-refractivity contribution is 9.10. The van der Waals surface area contributed by atoms with Crippen molar-refractivity contribution in [3.63, 3.8) is 0 Å². The summed E-state index contributed by atoms with van der Waals surface area (Å²) in [6.45, 7) is 6.22. The maximum absolute atomic E-state index is 10.6. The second kappa shape index (κ2) is 21.7. The number of carbonyl (C=O) groups excluding carboxylic acids is 2. The number of fused-ring (bicyclic) bond motifs is 3. The van der Waals surface area contributed by atoms with Crippen LogP contribution in [0.2, 0.25) is 12.6 Å². The van der Waals surface area contributed by atoms with Crippen molar-refractivity contribution in [2.24, 2.45) is 11.8 Å². The number of hydrogen-bond donors (Lipinski definition) is 1. The van der Waals surface area contributed by atoms with Gasteiger partial charge in [-0.2, -0.15) is 0 Å². The summed E-state index contributed by atoms with van der Waals surface area (Å²) in [5.74, 6) is 4.82. The van der Waals surface area contributed by atoms with Gasteiger partial charge in [-0.05, 0) is 139 Å². The largest absolute Gasteiger partial charge is 0.438 e. The standard InChI is InChI=1S/C24H23BN3O2.C19H20BN2O.C5H4BrNO/c29-16-25-12-17-5-8-28(9-6-17)15-18-3-4-20-13-26-14-22(21(20)10-18)23-11-19-2-1-7-27-24(19)30-23;1-2-17-11-21-12-18-4-3-16(9-19(17)18)13-22-7-5-15(6-8-22)10-20-14-23;6-4-2-1-3-7-5(4)8/h1-4,7,10-11,13-14,16-17H,5-6,8-9,12,15H2;1,3-4,9,11-12,14-15H,5-8,10,13H2;1-3H,(H,7,8). The summed E-state index contributed by atoms with van der Waals surface area (Å²) < 4.78 is 6.58. The van der Waals surface area contributed by atoms with Crippen LogP contribution in [-0.2, 0) is 22.7 Å². The number of furan rings is 1. The number of likely N-dealkylation sites (tertiary alicyclic amines) is 2. The Kier molecular flexibility index (Phi) is 15.5. The lowest BCUT2D eigenvalue weighted by Crippen LogP contribution is -2.33. The van der Waals surface area contributed by atoms with E-state index in [4.69, 9.17) is 10.8 Å². The van der Waals surface area contributed by atoms with E-state index in [-0.39, 0.29) is 5.56 Å². The first kappa shape index (κ1) is 43.4. The van der Waals surface area contributed by atoms with Crippen LogP contribution < -0.4 is 5.56 Å². The summed E-state index contributed by atoms with van der Waals surface area (Å²) in [6, 6.07) is 22.5. The monoisotopic (exact) mass is 872 g/mol. The Balaban J connectivity index is 0.000000160. The number of carbonyl (C=O) groups is 2. The molecule has 2 aliphatic rings. The van der Waals surface area contributed by atoms with Crippen LogP contribution in [0.1, 0.15) is 42.4 Å². The maximum atomic E-state index is 10.6. The Morgan fingerprint density at radius 2 is 1.38 bits per heavy atom. The van der Waals surface area contributed by atoms with E-state index in [0.29, 0.717) is 22.0 Å². The number of H-pyrrole nitrogens is 1. The number of pyridine rings is 4. The van der Waals surface area contributed by atoms with Crippen molar-refractivity contribution >= 4 is 75.5 Å². The summed E-state index contributed by atoms with van der Waals surface area (Å²) in [6.07, 6.45) is 24.6. The van der Waals surface area contributed by atoms with Crippen molar-refractivity contribution in [2.75, 3.05) is 26.2 Å². The van der Waals surface area contributed by atoms with Crippen molar-refractivity contribution in [3.05, 3.63) is 135 Å². The highest BCUT2D eigenvalue weighted by Crippen LogP contribution is 2.33. The summed E-state index contributed by atoms with van der Waals surface area (Å²) in [7, 11) is 3.51. The molecule has 0 saturated carbocycles. The van der Waals surface area contributed by atoms with Gasteiger partial charge in [0.05, 0.1) is 22.4 Å². The first-order valence-electron chi connectivity index (χ1n) is 20.8. The fraction of sp³-hybridized carbons (Fsp3) is 0.292. The molecule has 7 aromatic rings. The zero-order chi connectivity index (χ0) is 42.4. The smallest absolute Gasteiger partial charge is 0.262 e. The van der Waals surface area contributed by atoms with Gasteiger partial charge in [-0.1, -0.05) is 42.8 Å². The number of hydrogen-bond acceptors (Lipinski definition) is 9. The number of rotatable bonds is 11. The molecular weight excluding hydrogens is 826 g/mol. The average molecular weight is 873 g/mol. The molecular formula is C48H47B2BrN6O4. The van der Waals surface area contributed by atoms with Crippen molar-refractivity contribution in [3.8, 4) is 23.7 Å². The van der Waals surface area contributed by atoms with Crippen LogP contribution in [0, 0.1) is 24.2 Å². The molecule has 1 N–H and O–H groups in total. The summed E-state index contributed by atoms with van der Waals surface area (Å²) in [4.78, 5) is 51.9. The molecule has 0 bridgehead atoms. The van der Waals surface area contributed by atoms with Gasteiger partial charge in [-0.25, -0.2) is 4.98 Å². The molecule has 2 radical (unpaired) electrons. The predicted molar refractivity (Wildman–Crippen MR) is 250 cm³/mol. The fourth-order valence-electron chi connectivity index (χ4n) is 8.11. The Morgan fingerprint density at radius 3 is 1.93 bits per heavy atom. The molecule has 9 rings (SSSR count). The van der Waals surface area contributed by atoms with Crippen LogP contribution in [0.3, 0.4) is 0 Å². The number of terminal acetylenes is 1. The van der Waals surface area contributed by atoms with Gasteiger partial charge in [-0.15, -0.1) is 6.42 Å². The van der Waals surface area contributed by atoms with Crippen LogP contribution in [0.4, 0.5) is 0 Å². The number of benzene rings is 2. The van der Waals surface area contributed by atoms with E-state index in [2.05, 4.69) is 88.0 Å². The minimum Gasteiger partial charge on any atom is -0.438 e.